The van der Waals surface area contributed by atoms with Crippen LogP contribution in [0.1, 0.15) is 44.8 Å². The molecule has 1 aromatic heterocycles. The molecule has 2 rings (SSSR count). The lowest BCUT2D eigenvalue weighted by Crippen LogP contribution is -2.34. The number of aromatic nitrogens is 2. The van der Waals surface area contributed by atoms with Crippen LogP contribution in [-0.4, -0.2) is 20.8 Å². The van der Waals surface area contributed by atoms with Gasteiger partial charge in [-0.3, -0.25) is 0 Å². The quantitative estimate of drug-likeness (QED) is 0.825. The van der Waals surface area contributed by atoms with Gasteiger partial charge in [-0.1, -0.05) is 25.4 Å². The van der Waals surface area contributed by atoms with Gasteiger partial charge in [0.25, 0.3) is 0 Å². The highest BCUT2D eigenvalue weighted by molar-refractivity contribution is 4.98. The summed E-state index contributed by atoms with van der Waals surface area (Å²) in [5.74, 6) is 1.62. The van der Waals surface area contributed by atoms with Crippen molar-refractivity contribution in [1.82, 2.24) is 10.1 Å². The standard InChI is InChI=1S/C11H18N2O2/c1-3-9-12-10(15-13-9)7-11(14)6-4-5-8(11)2/h8,14H,3-7H2,1-2H3/t8-,11+/m1/s1. The van der Waals surface area contributed by atoms with Crippen LogP contribution in [0.3, 0.4) is 0 Å². The van der Waals surface area contributed by atoms with E-state index in [9.17, 15) is 5.11 Å². The Morgan fingerprint density at radius 1 is 1.60 bits per heavy atom. The highest BCUT2D eigenvalue weighted by Gasteiger charge is 2.39. The largest absolute Gasteiger partial charge is 0.389 e. The van der Waals surface area contributed by atoms with Crippen LogP contribution in [0.4, 0.5) is 0 Å². The molecule has 0 saturated heterocycles. The normalized spacial score (nSPS) is 31.0. The molecule has 0 amide bonds. The molecule has 0 spiro atoms. The number of nitrogens with zero attached hydrogens (tertiary/aromatic N) is 2. The lowest BCUT2D eigenvalue weighted by molar-refractivity contribution is 0.00291. The third kappa shape index (κ3) is 2.04. The zero-order valence-corrected chi connectivity index (χ0v) is 9.36. The van der Waals surface area contributed by atoms with Crippen molar-refractivity contribution in [1.29, 1.82) is 0 Å². The predicted molar refractivity (Wildman–Crippen MR) is 55.3 cm³/mol. The Kier molecular flexibility index (Phi) is 2.78. The van der Waals surface area contributed by atoms with Crippen LogP contribution >= 0.6 is 0 Å². The van der Waals surface area contributed by atoms with Gasteiger partial charge in [-0.15, -0.1) is 0 Å². The van der Waals surface area contributed by atoms with Gasteiger partial charge in [0.15, 0.2) is 5.82 Å². The van der Waals surface area contributed by atoms with Crippen LogP contribution in [0.5, 0.6) is 0 Å². The predicted octanol–water partition coefficient (Wildman–Crippen LogP) is 1.73. The molecule has 1 aromatic rings. The number of aryl methyl sites for hydroxylation is 1. The number of hydrogen-bond acceptors (Lipinski definition) is 4. The van der Waals surface area contributed by atoms with Crippen LogP contribution in [0.15, 0.2) is 4.52 Å². The fourth-order valence-electron chi connectivity index (χ4n) is 2.26. The summed E-state index contributed by atoms with van der Waals surface area (Å²) >= 11 is 0. The lowest BCUT2D eigenvalue weighted by atomic mass is 9.89. The first-order valence-electron chi connectivity index (χ1n) is 5.68. The molecule has 1 aliphatic rings. The van der Waals surface area contributed by atoms with Gasteiger partial charge >= 0.3 is 0 Å². The molecule has 1 aliphatic carbocycles. The number of aliphatic hydroxyl groups is 1. The molecule has 4 heteroatoms. The molecular weight excluding hydrogens is 192 g/mol. The molecule has 0 radical (unpaired) electrons. The van der Waals surface area contributed by atoms with Gasteiger partial charge in [0, 0.05) is 6.42 Å². The summed E-state index contributed by atoms with van der Waals surface area (Å²) in [4.78, 5) is 4.23. The number of hydrogen-bond donors (Lipinski definition) is 1. The van der Waals surface area contributed by atoms with Crippen molar-refractivity contribution < 1.29 is 9.63 Å². The summed E-state index contributed by atoms with van der Waals surface area (Å²) in [5.41, 5.74) is -0.627. The summed E-state index contributed by atoms with van der Waals surface area (Å²) in [6, 6.07) is 0. The molecule has 0 aromatic carbocycles. The molecular formula is C11H18N2O2. The van der Waals surface area contributed by atoms with E-state index >= 15 is 0 Å². The molecule has 1 fully saturated rings. The van der Waals surface area contributed by atoms with E-state index in [1.807, 2.05) is 6.92 Å². The first kappa shape index (κ1) is 10.6. The first-order valence-corrected chi connectivity index (χ1v) is 5.68. The van der Waals surface area contributed by atoms with Crippen molar-refractivity contribution in [3.63, 3.8) is 0 Å². The monoisotopic (exact) mass is 210 g/mol. The molecule has 15 heavy (non-hydrogen) atoms. The van der Waals surface area contributed by atoms with Crippen LogP contribution in [0, 0.1) is 5.92 Å². The zero-order valence-electron chi connectivity index (χ0n) is 9.36. The van der Waals surface area contributed by atoms with Gasteiger partial charge in [0.05, 0.1) is 12.0 Å². The summed E-state index contributed by atoms with van der Waals surface area (Å²) < 4.78 is 5.11. The molecule has 1 heterocycles. The van der Waals surface area contributed by atoms with Crippen molar-refractivity contribution in [2.45, 2.75) is 51.6 Å². The molecule has 2 atom stereocenters. The van der Waals surface area contributed by atoms with Gasteiger partial charge < -0.3 is 9.63 Å². The topological polar surface area (TPSA) is 59.2 Å². The maximum atomic E-state index is 10.4. The van der Waals surface area contributed by atoms with E-state index in [4.69, 9.17) is 4.52 Å². The van der Waals surface area contributed by atoms with Crippen LogP contribution in [0.2, 0.25) is 0 Å². The van der Waals surface area contributed by atoms with Gasteiger partial charge in [0.1, 0.15) is 0 Å². The van der Waals surface area contributed by atoms with E-state index in [2.05, 4.69) is 17.1 Å². The molecule has 0 aliphatic heterocycles. The van der Waals surface area contributed by atoms with Gasteiger partial charge in [0.2, 0.25) is 5.89 Å². The van der Waals surface area contributed by atoms with Crippen molar-refractivity contribution in [3.8, 4) is 0 Å². The van der Waals surface area contributed by atoms with Crippen molar-refractivity contribution >= 4 is 0 Å². The van der Waals surface area contributed by atoms with Gasteiger partial charge in [-0.2, -0.15) is 4.98 Å². The fraction of sp³-hybridized carbons (Fsp3) is 0.818. The molecule has 0 unspecified atom stereocenters. The maximum Gasteiger partial charge on any atom is 0.229 e. The van der Waals surface area contributed by atoms with E-state index in [1.54, 1.807) is 0 Å². The summed E-state index contributed by atoms with van der Waals surface area (Å²) in [7, 11) is 0. The average Bonchev–Trinajstić information content (AvgIpc) is 2.76. The lowest BCUT2D eigenvalue weighted by Gasteiger charge is -2.25. The van der Waals surface area contributed by atoms with Crippen LogP contribution in [0.25, 0.3) is 0 Å². The van der Waals surface area contributed by atoms with Crippen molar-refractivity contribution in [2.24, 2.45) is 5.92 Å². The number of rotatable bonds is 3. The maximum absolute atomic E-state index is 10.4. The second-order valence-electron chi connectivity index (χ2n) is 4.53. The SMILES string of the molecule is CCc1noc(C[C@@]2(O)CCC[C@H]2C)n1. The Labute approximate surface area is 89.7 Å². The van der Waals surface area contributed by atoms with E-state index < -0.39 is 5.60 Å². The zero-order chi connectivity index (χ0) is 10.9. The van der Waals surface area contributed by atoms with E-state index in [0.29, 0.717) is 18.2 Å². The van der Waals surface area contributed by atoms with E-state index in [0.717, 1.165) is 31.5 Å². The summed E-state index contributed by atoms with van der Waals surface area (Å²) in [6.45, 7) is 4.08. The Hall–Kier alpha value is -0.900. The third-order valence-electron chi connectivity index (χ3n) is 3.45. The minimum absolute atomic E-state index is 0.328. The third-order valence-corrected chi connectivity index (χ3v) is 3.45. The molecule has 1 N–H and O–H groups in total. The second-order valence-corrected chi connectivity index (χ2v) is 4.53. The van der Waals surface area contributed by atoms with Crippen LogP contribution < -0.4 is 0 Å². The Bertz CT molecular complexity index is 337. The van der Waals surface area contributed by atoms with Crippen molar-refractivity contribution in [3.05, 3.63) is 11.7 Å². The van der Waals surface area contributed by atoms with Crippen molar-refractivity contribution in [2.75, 3.05) is 0 Å². The minimum atomic E-state index is -0.627. The molecule has 4 nitrogen and oxygen atoms in total. The molecule has 84 valence electrons. The first-order chi connectivity index (χ1) is 7.14. The van der Waals surface area contributed by atoms with Gasteiger partial charge in [-0.25, -0.2) is 0 Å². The van der Waals surface area contributed by atoms with E-state index in [1.165, 1.54) is 0 Å². The van der Waals surface area contributed by atoms with Crippen LogP contribution in [-0.2, 0) is 12.8 Å². The Balaban J connectivity index is 2.07. The molecule has 1 saturated carbocycles. The summed E-state index contributed by atoms with van der Waals surface area (Å²) in [5, 5.41) is 14.2. The van der Waals surface area contributed by atoms with E-state index in [-0.39, 0.29) is 0 Å². The fourth-order valence-corrected chi connectivity index (χ4v) is 2.26. The second kappa shape index (κ2) is 3.93. The highest BCUT2D eigenvalue weighted by atomic mass is 16.5. The summed E-state index contributed by atoms with van der Waals surface area (Å²) in [6.07, 6.45) is 4.30. The minimum Gasteiger partial charge on any atom is -0.389 e. The average molecular weight is 210 g/mol. The Morgan fingerprint density at radius 3 is 2.93 bits per heavy atom. The highest BCUT2D eigenvalue weighted by Crippen LogP contribution is 2.37. The molecule has 0 bridgehead atoms. The van der Waals surface area contributed by atoms with Gasteiger partial charge in [-0.05, 0) is 18.8 Å². The smallest absolute Gasteiger partial charge is 0.229 e. The Morgan fingerprint density at radius 2 is 2.40 bits per heavy atom.